The third-order valence-electron chi connectivity index (χ3n) is 5.26. The quantitative estimate of drug-likeness (QED) is 0.553. The first kappa shape index (κ1) is 24.6. The Morgan fingerprint density at radius 2 is 2.03 bits per heavy atom. The molecule has 1 unspecified atom stereocenters. The van der Waals surface area contributed by atoms with E-state index in [0.29, 0.717) is 19.6 Å². The SMILES string of the molecule is O=C(NCC1CN(c2ccc(N3CCNN(C(=O)CCCF)CC3)c(F)c2)C(=O)O1)C(F)F. The number of hydrogen-bond donors (Lipinski definition) is 2. The second kappa shape index (κ2) is 11.2. The van der Waals surface area contributed by atoms with Crippen molar-refractivity contribution in [1.29, 1.82) is 0 Å². The van der Waals surface area contributed by atoms with E-state index in [0.717, 1.165) is 4.90 Å². The van der Waals surface area contributed by atoms with Gasteiger partial charge in [-0.25, -0.2) is 14.6 Å². The third kappa shape index (κ3) is 6.24. The lowest BCUT2D eigenvalue weighted by Crippen LogP contribution is -2.43. The average Bonchev–Trinajstić information content (AvgIpc) is 2.99. The van der Waals surface area contributed by atoms with Crippen LogP contribution in [0.25, 0.3) is 0 Å². The van der Waals surface area contributed by atoms with E-state index >= 15 is 0 Å². The van der Waals surface area contributed by atoms with E-state index in [1.807, 2.05) is 5.32 Å². The number of halogens is 4. The zero-order chi connectivity index (χ0) is 24.0. The minimum absolute atomic E-state index is 0.0370. The van der Waals surface area contributed by atoms with Crippen LogP contribution in [-0.2, 0) is 14.3 Å². The molecule has 9 nitrogen and oxygen atoms in total. The number of nitrogens with zero attached hydrogens (tertiary/aromatic N) is 3. The summed E-state index contributed by atoms with van der Waals surface area (Å²) in [5, 5.41) is 3.39. The first-order valence-corrected chi connectivity index (χ1v) is 10.5. The number of ether oxygens (including phenoxy) is 1. The van der Waals surface area contributed by atoms with Crippen molar-refractivity contribution in [2.24, 2.45) is 0 Å². The monoisotopic (exact) mass is 475 g/mol. The summed E-state index contributed by atoms with van der Waals surface area (Å²) in [6, 6.07) is 4.20. The highest BCUT2D eigenvalue weighted by Gasteiger charge is 2.33. The van der Waals surface area contributed by atoms with Crippen molar-refractivity contribution in [3.05, 3.63) is 24.0 Å². The van der Waals surface area contributed by atoms with Crippen molar-refractivity contribution in [3.8, 4) is 0 Å². The summed E-state index contributed by atoms with van der Waals surface area (Å²) >= 11 is 0. The van der Waals surface area contributed by atoms with Gasteiger partial charge in [0, 0.05) is 26.1 Å². The minimum Gasteiger partial charge on any atom is -0.442 e. The van der Waals surface area contributed by atoms with Crippen LogP contribution < -0.4 is 20.5 Å². The lowest BCUT2D eigenvalue weighted by molar-refractivity contribution is -0.134. The molecule has 2 aliphatic rings. The first-order chi connectivity index (χ1) is 15.8. The Bertz CT molecular complexity index is 875. The molecule has 3 amide bonds. The molecule has 0 spiro atoms. The Hall–Kier alpha value is -3.09. The molecule has 2 heterocycles. The number of carbonyl (C=O) groups is 3. The molecule has 0 saturated carbocycles. The van der Waals surface area contributed by atoms with E-state index in [2.05, 4.69) is 5.43 Å². The Morgan fingerprint density at radius 3 is 2.73 bits per heavy atom. The van der Waals surface area contributed by atoms with Gasteiger partial charge in [0.15, 0.2) is 0 Å². The number of amides is 3. The predicted octanol–water partition coefficient (Wildman–Crippen LogP) is 1.44. The van der Waals surface area contributed by atoms with Gasteiger partial charge in [0.2, 0.25) is 5.91 Å². The molecule has 33 heavy (non-hydrogen) atoms. The summed E-state index contributed by atoms with van der Waals surface area (Å²) in [5.41, 5.74) is 3.46. The van der Waals surface area contributed by atoms with Crippen LogP contribution in [0.4, 0.5) is 33.7 Å². The summed E-state index contributed by atoms with van der Waals surface area (Å²) in [6.45, 7) is 0.546. The molecule has 1 aromatic rings. The minimum atomic E-state index is -3.17. The molecule has 0 radical (unpaired) electrons. The number of nitrogens with one attached hydrogen (secondary N) is 2. The molecule has 2 fully saturated rings. The highest BCUT2D eigenvalue weighted by molar-refractivity contribution is 5.90. The molecular formula is C20H25F4N5O4. The largest absolute Gasteiger partial charge is 0.442 e. The Labute approximate surface area is 187 Å². The van der Waals surface area contributed by atoms with Crippen LogP contribution in [0, 0.1) is 5.82 Å². The van der Waals surface area contributed by atoms with Gasteiger partial charge in [0.1, 0.15) is 11.9 Å². The average molecular weight is 475 g/mol. The molecule has 0 bridgehead atoms. The summed E-state index contributed by atoms with van der Waals surface area (Å²) in [6.07, 6.45) is -4.56. The molecule has 1 atom stereocenters. The van der Waals surface area contributed by atoms with E-state index in [1.54, 1.807) is 4.90 Å². The summed E-state index contributed by atoms with van der Waals surface area (Å²) in [7, 11) is 0. The Balaban J connectivity index is 1.60. The van der Waals surface area contributed by atoms with Crippen LogP contribution in [0.5, 0.6) is 0 Å². The molecule has 2 N–H and O–H groups in total. The number of carbonyl (C=O) groups excluding carboxylic acids is 3. The van der Waals surface area contributed by atoms with Crippen LogP contribution in [-0.4, -0.2) is 81.4 Å². The first-order valence-electron chi connectivity index (χ1n) is 10.5. The van der Waals surface area contributed by atoms with Crippen LogP contribution in [0.3, 0.4) is 0 Å². The highest BCUT2D eigenvalue weighted by Crippen LogP contribution is 2.28. The second-order valence-electron chi connectivity index (χ2n) is 7.53. The zero-order valence-corrected chi connectivity index (χ0v) is 17.7. The zero-order valence-electron chi connectivity index (χ0n) is 17.7. The molecular weight excluding hydrogens is 450 g/mol. The maximum absolute atomic E-state index is 14.9. The fraction of sp³-hybridized carbons (Fsp3) is 0.550. The number of rotatable bonds is 8. The normalized spacial score (nSPS) is 19.0. The van der Waals surface area contributed by atoms with Crippen LogP contribution in [0.2, 0.25) is 0 Å². The van der Waals surface area contributed by atoms with Gasteiger partial charge in [-0.1, -0.05) is 0 Å². The number of cyclic esters (lactones) is 1. The van der Waals surface area contributed by atoms with E-state index < -0.39 is 37.0 Å². The Kier molecular flexibility index (Phi) is 8.31. The summed E-state index contributed by atoms with van der Waals surface area (Å²) in [5.74, 6) is -2.28. The lowest BCUT2D eigenvalue weighted by Gasteiger charge is -2.24. The van der Waals surface area contributed by atoms with Crippen molar-refractivity contribution in [2.75, 3.05) is 55.7 Å². The van der Waals surface area contributed by atoms with Gasteiger partial charge in [0.05, 0.1) is 37.7 Å². The van der Waals surface area contributed by atoms with Gasteiger partial charge in [0.25, 0.3) is 5.91 Å². The third-order valence-corrected chi connectivity index (χ3v) is 5.26. The van der Waals surface area contributed by atoms with Gasteiger partial charge in [-0.15, -0.1) is 0 Å². The summed E-state index contributed by atoms with van der Waals surface area (Å²) in [4.78, 5) is 38.1. The van der Waals surface area contributed by atoms with Gasteiger partial charge < -0.3 is 15.0 Å². The highest BCUT2D eigenvalue weighted by atomic mass is 19.3. The topological polar surface area (TPSA) is 94.2 Å². The molecule has 2 aliphatic heterocycles. The molecule has 1 aromatic carbocycles. The van der Waals surface area contributed by atoms with Crippen molar-refractivity contribution in [2.45, 2.75) is 25.4 Å². The van der Waals surface area contributed by atoms with E-state index in [-0.39, 0.29) is 49.8 Å². The molecule has 182 valence electrons. The maximum atomic E-state index is 14.9. The molecule has 0 aromatic heterocycles. The smallest absolute Gasteiger partial charge is 0.414 e. The van der Waals surface area contributed by atoms with E-state index in [4.69, 9.17) is 4.74 Å². The predicted molar refractivity (Wildman–Crippen MR) is 110 cm³/mol. The van der Waals surface area contributed by atoms with Crippen LogP contribution in [0.15, 0.2) is 18.2 Å². The number of benzene rings is 1. The van der Waals surface area contributed by atoms with Gasteiger partial charge in [-0.05, 0) is 24.6 Å². The maximum Gasteiger partial charge on any atom is 0.414 e. The number of alkyl halides is 3. The van der Waals surface area contributed by atoms with Crippen molar-refractivity contribution >= 4 is 29.3 Å². The van der Waals surface area contributed by atoms with E-state index in [9.17, 15) is 31.9 Å². The molecule has 0 aliphatic carbocycles. The fourth-order valence-electron chi connectivity index (χ4n) is 3.59. The second-order valence-corrected chi connectivity index (χ2v) is 7.53. The number of hydrogen-bond acceptors (Lipinski definition) is 6. The van der Waals surface area contributed by atoms with Crippen molar-refractivity contribution in [3.63, 3.8) is 0 Å². The molecule has 13 heteroatoms. The van der Waals surface area contributed by atoms with Gasteiger partial charge in [-0.3, -0.25) is 23.9 Å². The van der Waals surface area contributed by atoms with Crippen LogP contribution >= 0.6 is 0 Å². The molecule has 2 saturated heterocycles. The van der Waals surface area contributed by atoms with Crippen LogP contribution in [0.1, 0.15) is 12.8 Å². The van der Waals surface area contributed by atoms with Crippen molar-refractivity contribution in [1.82, 2.24) is 15.8 Å². The molecule has 3 rings (SSSR count). The summed E-state index contributed by atoms with van der Waals surface area (Å²) < 4.78 is 56.8. The van der Waals surface area contributed by atoms with Gasteiger partial charge in [-0.2, -0.15) is 8.78 Å². The van der Waals surface area contributed by atoms with E-state index in [1.165, 1.54) is 23.2 Å². The van der Waals surface area contributed by atoms with Crippen molar-refractivity contribution < 1.29 is 36.7 Å². The Morgan fingerprint density at radius 1 is 1.24 bits per heavy atom. The standard InChI is InChI=1S/C20H25F4N5O4/c21-5-1-2-17(30)29-9-8-27(7-6-26-29)16-4-3-13(10-15(16)22)28-12-14(33-20(28)32)11-25-19(31)18(23)24/h3-4,10,14,18,26H,1-2,5-9,11-12H2,(H,25,31). The lowest BCUT2D eigenvalue weighted by atomic mass is 10.2. The number of anilines is 2. The van der Waals surface area contributed by atoms with Gasteiger partial charge >= 0.3 is 12.5 Å². The fourth-order valence-corrected chi connectivity index (χ4v) is 3.59. The number of hydrazine groups is 1.